The summed E-state index contributed by atoms with van der Waals surface area (Å²) in [7, 11) is 0. The number of aromatic nitrogens is 9. The Bertz CT molecular complexity index is 1460. The number of hydrogen-bond donors (Lipinski definition) is 2. The summed E-state index contributed by atoms with van der Waals surface area (Å²) in [4.78, 5) is 21.3. The summed E-state index contributed by atoms with van der Waals surface area (Å²) in [6.45, 7) is 1.88. The highest BCUT2D eigenvalue weighted by Gasteiger charge is 2.24. The lowest BCUT2D eigenvalue weighted by Crippen LogP contribution is -2.29. The summed E-state index contributed by atoms with van der Waals surface area (Å²) in [5, 5.41) is 21.1. The van der Waals surface area contributed by atoms with Crippen molar-refractivity contribution >= 4 is 34.5 Å². The van der Waals surface area contributed by atoms with E-state index >= 15 is 0 Å². The van der Waals surface area contributed by atoms with Crippen molar-refractivity contribution in [3.05, 3.63) is 58.5 Å². The number of fused-ring (bicyclic) bond motifs is 1. The molecule has 11 nitrogen and oxygen atoms in total. The maximum Gasteiger partial charge on any atom is 0.299 e. The Morgan fingerprint density at radius 1 is 1.32 bits per heavy atom. The van der Waals surface area contributed by atoms with E-state index in [-0.39, 0.29) is 16.9 Å². The topological polar surface area (TPSA) is 132 Å². The second-order valence-corrected chi connectivity index (χ2v) is 8.83. The standard InChI is InChI=1S/C19H15ClF2N10OS/c1-2-10(16-24-8-25-27-16)26-19(33)9-5-11(32-18(15(21)22)28-29-30-32)17-23-6-12(31(17)7-9)13-3-4-14(20)34-13/h3-8,10,15H,2H2,1H3,(H,26,33)(H,24,25,27)/t10-/m0/s1. The number of halogens is 3. The predicted molar refractivity (Wildman–Crippen MR) is 118 cm³/mol. The first-order valence-corrected chi connectivity index (χ1v) is 11.2. The van der Waals surface area contributed by atoms with E-state index < -0.39 is 24.2 Å². The summed E-state index contributed by atoms with van der Waals surface area (Å²) in [5.41, 5.74) is 1.21. The molecule has 5 rings (SSSR count). The fraction of sp³-hybridized carbons (Fsp3) is 0.211. The SMILES string of the molecule is CC[C@H](NC(=O)c1cc(-n2nnnc2C(F)F)c2ncc(-c3ccc(Cl)s3)n2c1)c1nnc[nH]1. The summed E-state index contributed by atoms with van der Waals surface area (Å²) in [6, 6.07) is 4.52. The summed E-state index contributed by atoms with van der Waals surface area (Å²) < 4.78 is 30.2. The molecule has 34 heavy (non-hydrogen) atoms. The number of thiophene rings is 1. The molecule has 0 spiro atoms. The maximum atomic E-state index is 13.6. The van der Waals surface area contributed by atoms with Gasteiger partial charge in [-0.05, 0) is 35.0 Å². The predicted octanol–water partition coefficient (Wildman–Crippen LogP) is 3.63. The maximum absolute atomic E-state index is 13.6. The summed E-state index contributed by atoms with van der Waals surface area (Å²) >= 11 is 7.41. The van der Waals surface area contributed by atoms with Gasteiger partial charge in [0, 0.05) is 6.20 Å². The van der Waals surface area contributed by atoms with Crippen molar-refractivity contribution < 1.29 is 13.6 Å². The molecular weight excluding hydrogens is 490 g/mol. The number of aromatic amines is 1. The molecule has 0 saturated heterocycles. The lowest BCUT2D eigenvalue weighted by molar-refractivity contribution is 0.0933. The number of hydrogen-bond acceptors (Lipinski definition) is 8. The van der Waals surface area contributed by atoms with Gasteiger partial charge >= 0.3 is 0 Å². The minimum atomic E-state index is -2.94. The number of carbonyl (C=O) groups is 1. The molecule has 0 aliphatic carbocycles. The molecule has 0 radical (unpaired) electrons. The van der Waals surface area contributed by atoms with Crippen molar-refractivity contribution in [2.75, 3.05) is 0 Å². The first-order chi connectivity index (χ1) is 16.5. The van der Waals surface area contributed by atoms with Crippen LogP contribution < -0.4 is 5.32 Å². The van der Waals surface area contributed by atoms with E-state index in [0.29, 0.717) is 22.3 Å². The van der Waals surface area contributed by atoms with Crippen molar-refractivity contribution in [2.24, 2.45) is 0 Å². The quantitative estimate of drug-likeness (QED) is 0.346. The van der Waals surface area contributed by atoms with E-state index in [1.807, 2.05) is 13.0 Å². The van der Waals surface area contributed by atoms with Crippen molar-refractivity contribution in [1.29, 1.82) is 0 Å². The first-order valence-electron chi connectivity index (χ1n) is 9.96. The third-order valence-corrected chi connectivity index (χ3v) is 6.32. The number of pyridine rings is 1. The van der Waals surface area contributed by atoms with Crippen LogP contribution in [-0.4, -0.2) is 50.7 Å². The zero-order chi connectivity index (χ0) is 23.8. The first kappa shape index (κ1) is 22.0. The molecule has 5 aromatic rings. The van der Waals surface area contributed by atoms with E-state index in [1.54, 1.807) is 22.9 Å². The zero-order valence-electron chi connectivity index (χ0n) is 17.4. The Hall–Kier alpha value is -3.78. The van der Waals surface area contributed by atoms with E-state index in [0.717, 1.165) is 9.56 Å². The number of carbonyl (C=O) groups excluding carboxylic acids is 1. The smallest absolute Gasteiger partial charge is 0.299 e. The van der Waals surface area contributed by atoms with Crippen LogP contribution in [-0.2, 0) is 0 Å². The molecule has 2 N–H and O–H groups in total. The molecule has 15 heteroatoms. The molecule has 1 atom stereocenters. The van der Waals surface area contributed by atoms with Crippen molar-refractivity contribution in [2.45, 2.75) is 25.8 Å². The summed E-state index contributed by atoms with van der Waals surface area (Å²) in [6.07, 6.45) is 2.17. The van der Waals surface area contributed by atoms with Crippen LogP contribution in [0.1, 0.15) is 47.8 Å². The van der Waals surface area contributed by atoms with Gasteiger partial charge in [0.15, 0.2) is 11.5 Å². The van der Waals surface area contributed by atoms with Gasteiger partial charge in [-0.3, -0.25) is 9.20 Å². The molecule has 0 bridgehead atoms. The highest BCUT2D eigenvalue weighted by Crippen LogP contribution is 2.33. The number of H-pyrrole nitrogens is 1. The van der Waals surface area contributed by atoms with Crippen molar-refractivity contribution in [3.63, 3.8) is 0 Å². The van der Waals surface area contributed by atoms with Gasteiger partial charge < -0.3 is 10.3 Å². The molecule has 0 aliphatic rings. The second kappa shape index (κ2) is 8.87. The highest BCUT2D eigenvalue weighted by atomic mass is 35.5. The molecule has 0 fully saturated rings. The highest BCUT2D eigenvalue weighted by molar-refractivity contribution is 7.19. The Balaban J connectivity index is 1.65. The largest absolute Gasteiger partial charge is 0.342 e. The number of nitrogens with zero attached hydrogens (tertiary/aromatic N) is 8. The van der Waals surface area contributed by atoms with E-state index in [1.165, 1.54) is 23.7 Å². The van der Waals surface area contributed by atoms with Gasteiger partial charge in [-0.25, -0.2) is 13.8 Å². The van der Waals surface area contributed by atoms with Crippen LogP contribution in [0.3, 0.4) is 0 Å². The number of amides is 1. The van der Waals surface area contributed by atoms with Gasteiger partial charge in [0.2, 0.25) is 5.82 Å². The van der Waals surface area contributed by atoms with Gasteiger partial charge in [-0.2, -0.15) is 4.68 Å². The van der Waals surface area contributed by atoms with Crippen LogP contribution in [0.15, 0.2) is 36.9 Å². The molecule has 5 heterocycles. The number of tetrazole rings is 1. The van der Waals surface area contributed by atoms with Crippen molar-refractivity contribution in [1.82, 2.24) is 50.1 Å². The molecular formula is C19H15ClF2N10OS. The van der Waals surface area contributed by atoms with E-state index in [2.05, 4.69) is 41.0 Å². The second-order valence-electron chi connectivity index (χ2n) is 7.11. The number of imidazole rings is 1. The van der Waals surface area contributed by atoms with Crippen LogP contribution >= 0.6 is 22.9 Å². The van der Waals surface area contributed by atoms with Gasteiger partial charge in [0.25, 0.3) is 12.3 Å². The van der Waals surface area contributed by atoms with Crippen LogP contribution in [0, 0.1) is 0 Å². The van der Waals surface area contributed by atoms with Crippen LogP contribution in [0.25, 0.3) is 21.9 Å². The van der Waals surface area contributed by atoms with Crippen LogP contribution in [0.5, 0.6) is 0 Å². The molecule has 0 aliphatic heterocycles. The molecule has 1 amide bonds. The van der Waals surface area contributed by atoms with Crippen LogP contribution in [0.4, 0.5) is 8.78 Å². The Morgan fingerprint density at radius 3 is 2.85 bits per heavy atom. The average molecular weight is 505 g/mol. The zero-order valence-corrected chi connectivity index (χ0v) is 18.9. The number of alkyl halides is 2. The molecule has 0 aromatic carbocycles. The van der Waals surface area contributed by atoms with Crippen LogP contribution in [0.2, 0.25) is 4.34 Å². The molecule has 0 unspecified atom stereocenters. The molecule has 5 aromatic heterocycles. The van der Waals surface area contributed by atoms with Gasteiger partial charge in [0.05, 0.1) is 32.7 Å². The molecule has 174 valence electrons. The minimum Gasteiger partial charge on any atom is -0.342 e. The van der Waals surface area contributed by atoms with Gasteiger partial charge in [0.1, 0.15) is 12.0 Å². The summed E-state index contributed by atoms with van der Waals surface area (Å²) in [5.74, 6) is -0.632. The van der Waals surface area contributed by atoms with Gasteiger partial charge in [-0.15, -0.1) is 26.6 Å². The fourth-order valence-electron chi connectivity index (χ4n) is 3.48. The fourth-order valence-corrected chi connectivity index (χ4v) is 4.53. The lowest BCUT2D eigenvalue weighted by Gasteiger charge is -2.15. The van der Waals surface area contributed by atoms with E-state index in [4.69, 9.17) is 11.6 Å². The third-order valence-electron chi connectivity index (χ3n) is 5.07. The van der Waals surface area contributed by atoms with E-state index in [9.17, 15) is 13.6 Å². The minimum absolute atomic E-state index is 0.120. The monoisotopic (exact) mass is 504 g/mol. The Kier molecular flexibility index (Phi) is 5.75. The lowest BCUT2D eigenvalue weighted by atomic mass is 10.1. The normalized spacial score (nSPS) is 12.5. The third kappa shape index (κ3) is 3.90. The number of nitrogens with one attached hydrogen (secondary N) is 2. The van der Waals surface area contributed by atoms with Crippen molar-refractivity contribution in [3.8, 4) is 16.3 Å². The average Bonchev–Trinajstić information content (AvgIpc) is 3.62. The Morgan fingerprint density at radius 2 is 2.18 bits per heavy atom. The van der Waals surface area contributed by atoms with Gasteiger partial charge in [-0.1, -0.05) is 18.5 Å². The Labute approximate surface area is 198 Å². The number of rotatable bonds is 7. The molecule has 0 saturated carbocycles.